The number of hydrogen-bond donors (Lipinski definition) is 3. The van der Waals surface area contributed by atoms with Crippen LogP contribution in [0.25, 0.3) is 0 Å². The number of anilines is 1. The van der Waals surface area contributed by atoms with Gasteiger partial charge >= 0.3 is 5.97 Å². The molecule has 0 aliphatic carbocycles. The number of aliphatic carboxylic acids is 1. The van der Waals surface area contributed by atoms with Gasteiger partial charge in [-0.3, -0.25) is 29.6 Å². The largest absolute Gasteiger partial charge is 0.505 e. The molecule has 0 radical (unpaired) electrons. The van der Waals surface area contributed by atoms with E-state index in [4.69, 9.17) is 5.11 Å². The zero-order valence-electron chi connectivity index (χ0n) is 23.7. The van der Waals surface area contributed by atoms with Gasteiger partial charge in [-0.25, -0.2) is 0 Å². The highest BCUT2D eigenvalue weighted by Crippen LogP contribution is 2.47. The summed E-state index contributed by atoms with van der Waals surface area (Å²) < 4.78 is 12.6. The van der Waals surface area contributed by atoms with Crippen LogP contribution in [0, 0.1) is 0 Å². The SMILES string of the molecule is CC1=C(CN(C)C)C(=O)N(C2CCP(C)(=O)CC2)C(=O)/C1=N/Nc1cccc(C2CCN(CC(=O)O)CC2)c1O. The summed E-state index contributed by atoms with van der Waals surface area (Å²) in [6.45, 7) is 5.10. The maximum atomic E-state index is 13.7. The number of hydrazone groups is 1. The number of rotatable bonds is 8. The lowest BCUT2D eigenvalue weighted by Crippen LogP contribution is -2.54. The number of carboxylic acids is 1. The lowest BCUT2D eigenvalue weighted by atomic mass is 9.88. The van der Waals surface area contributed by atoms with Gasteiger partial charge in [0.1, 0.15) is 5.75 Å². The molecule has 2 saturated heterocycles. The molecule has 40 heavy (non-hydrogen) atoms. The molecular formula is C28H40N5O6P. The molecule has 1 aromatic carbocycles. The highest BCUT2D eigenvalue weighted by Gasteiger charge is 2.42. The Morgan fingerprint density at radius 1 is 1.12 bits per heavy atom. The summed E-state index contributed by atoms with van der Waals surface area (Å²) in [5.74, 6) is -1.56. The average molecular weight is 574 g/mol. The minimum Gasteiger partial charge on any atom is -0.505 e. The van der Waals surface area contributed by atoms with E-state index in [2.05, 4.69) is 10.5 Å². The van der Waals surface area contributed by atoms with Crippen LogP contribution in [0.3, 0.4) is 0 Å². The molecule has 11 nitrogen and oxygen atoms in total. The van der Waals surface area contributed by atoms with E-state index in [0.29, 0.717) is 61.6 Å². The molecule has 4 rings (SSSR count). The normalized spacial score (nSPS) is 26.2. The minimum absolute atomic E-state index is 0.00658. The Balaban J connectivity index is 1.59. The van der Waals surface area contributed by atoms with Crippen LogP contribution in [0.5, 0.6) is 5.75 Å². The summed E-state index contributed by atoms with van der Waals surface area (Å²) in [7, 11) is 1.48. The number of nitrogens with zero attached hydrogens (tertiary/aromatic N) is 4. The number of carbonyl (C=O) groups excluding carboxylic acids is 2. The third-order valence-electron chi connectivity index (χ3n) is 8.16. The van der Waals surface area contributed by atoms with Crippen LogP contribution in [0.15, 0.2) is 34.4 Å². The summed E-state index contributed by atoms with van der Waals surface area (Å²) in [4.78, 5) is 43.3. The van der Waals surface area contributed by atoms with Crippen LogP contribution >= 0.6 is 7.14 Å². The molecule has 3 aliphatic rings. The molecule has 0 saturated carbocycles. The van der Waals surface area contributed by atoms with E-state index in [-0.39, 0.29) is 35.9 Å². The molecule has 3 heterocycles. The second kappa shape index (κ2) is 12.2. The molecule has 3 N–H and O–H groups in total. The molecule has 0 atom stereocenters. The van der Waals surface area contributed by atoms with E-state index in [9.17, 15) is 24.1 Å². The molecule has 0 spiro atoms. The first kappa shape index (κ1) is 30.0. The molecule has 2 amide bonds. The number of phenolic OH excluding ortho intramolecular Hbond substituents is 1. The Morgan fingerprint density at radius 3 is 2.38 bits per heavy atom. The number of likely N-dealkylation sites (tertiary alicyclic amines) is 1. The van der Waals surface area contributed by atoms with Gasteiger partial charge in [0.25, 0.3) is 11.8 Å². The van der Waals surface area contributed by atoms with Crippen LogP contribution in [0.1, 0.15) is 44.1 Å². The number of hydrogen-bond acceptors (Lipinski definition) is 9. The molecule has 2 fully saturated rings. The zero-order valence-corrected chi connectivity index (χ0v) is 24.6. The van der Waals surface area contributed by atoms with Gasteiger partial charge in [-0.1, -0.05) is 12.1 Å². The maximum Gasteiger partial charge on any atom is 0.317 e. The van der Waals surface area contributed by atoms with Gasteiger partial charge in [-0.15, -0.1) is 0 Å². The van der Waals surface area contributed by atoms with Crippen molar-refractivity contribution < 1.29 is 29.2 Å². The highest BCUT2D eigenvalue weighted by atomic mass is 31.2. The quantitative estimate of drug-likeness (QED) is 0.185. The van der Waals surface area contributed by atoms with Gasteiger partial charge in [0, 0.05) is 30.5 Å². The van der Waals surface area contributed by atoms with Crippen LogP contribution in [-0.2, 0) is 18.9 Å². The van der Waals surface area contributed by atoms with Gasteiger partial charge in [0.05, 0.1) is 19.4 Å². The van der Waals surface area contributed by atoms with E-state index in [1.165, 1.54) is 4.90 Å². The number of amides is 2. The van der Waals surface area contributed by atoms with Crippen LogP contribution in [-0.4, -0.2) is 114 Å². The summed E-state index contributed by atoms with van der Waals surface area (Å²) in [5, 5.41) is 24.6. The Hall–Kier alpha value is -3.01. The lowest BCUT2D eigenvalue weighted by Gasteiger charge is -2.38. The third kappa shape index (κ3) is 6.65. The number of aromatic hydroxyl groups is 1. The molecule has 1 aromatic rings. The monoisotopic (exact) mass is 573 g/mol. The fourth-order valence-electron chi connectivity index (χ4n) is 5.83. The molecule has 218 valence electrons. The van der Waals surface area contributed by atoms with E-state index in [1.54, 1.807) is 19.7 Å². The van der Waals surface area contributed by atoms with Crippen molar-refractivity contribution in [2.45, 2.75) is 44.6 Å². The smallest absolute Gasteiger partial charge is 0.317 e. The maximum absolute atomic E-state index is 13.7. The predicted molar refractivity (Wildman–Crippen MR) is 155 cm³/mol. The van der Waals surface area contributed by atoms with Crippen LogP contribution in [0.2, 0.25) is 0 Å². The Bertz CT molecular complexity index is 1270. The number of phenols is 1. The van der Waals surface area contributed by atoms with Crippen molar-refractivity contribution in [2.24, 2.45) is 5.10 Å². The molecule has 12 heteroatoms. The second-order valence-electron chi connectivity index (χ2n) is 11.6. The summed E-state index contributed by atoms with van der Waals surface area (Å²) >= 11 is 0. The van der Waals surface area contributed by atoms with E-state index in [0.717, 1.165) is 18.4 Å². The number of likely N-dealkylation sites (N-methyl/N-ethyl adjacent to an activating group) is 1. The number of carbonyl (C=O) groups is 3. The van der Waals surface area contributed by atoms with Crippen LogP contribution in [0.4, 0.5) is 5.69 Å². The van der Waals surface area contributed by atoms with E-state index < -0.39 is 19.0 Å². The molecule has 3 aliphatic heterocycles. The van der Waals surface area contributed by atoms with Crippen molar-refractivity contribution in [1.29, 1.82) is 0 Å². The number of piperidine rings is 1. The lowest BCUT2D eigenvalue weighted by molar-refractivity contribution is -0.142. The standard InChI is InChI=1S/C28H40N5O6P/c1-18-22(16-31(2)3)27(37)33(20-10-14-40(4,39)15-11-20)28(38)25(18)30-29-23-7-5-6-21(26(23)36)19-8-12-32(13-9-19)17-24(34)35/h5-7,19-20,29,36H,8-17H2,1-4H3,(H,34,35)/b30-25+. The van der Waals surface area contributed by atoms with Crippen molar-refractivity contribution >= 4 is 36.3 Å². The molecule has 0 bridgehead atoms. The number of para-hydroxylation sites is 1. The number of benzene rings is 1. The van der Waals surface area contributed by atoms with Gasteiger partial charge in [-0.05, 0) is 89.6 Å². The second-order valence-corrected chi connectivity index (χ2v) is 15.0. The third-order valence-corrected chi connectivity index (χ3v) is 10.6. The first-order chi connectivity index (χ1) is 18.9. The Kier molecular flexibility index (Phi) is 9.17. The fraction of sp³-hybridized carbons (Fsp3) is 0.571. The van der Waals surface area contributed by atoms with Crippen molar-refractivity contribution in [2.75, 3.05) is 64.7 Å². The van der Waals surface area contributed by atoms with Crippen LogP contribution < -0.4 is 5.43 Å². The predicted octanol–water partition coefficient (Wildman–Crippen LogP) is 2.83. The molecule has 0 unspecified atom stereocenters. The van der Waals surface area contributed by atoms with Crippen molar-refractivity contribution in [1.82, 2.24) is 14.7 Å². The number of nitrogens with one attached hydrogen (secondary N) is 1. The Labute approximate surface area is 235 Å². The van der Waals surface area contributed by atoms with Crippen molar-refractivity contribution in [3.8, 4) is 5.75 Å². The first-order valence-electron chi connectivity index (χ1n) is 13.8. The number of carboxylic acid groups (broad SMARTS) is 1. The van der Waals surface area contributed by atoms with Crippen molar-refractivity contribution in [3.63, 3.8) is 0 Å². The summed E-state index contributed by atoms with van der Waals surface area (Å²) in [6.07, 6.45) is 3.46. The molecule has 0 aromatic heterocycles. The van der Waals surface area contributed by atoms with Gasteiger partial charge in [0.15, 0.2) is 5.71 Å². The fourth-order valence-corrected chi connectivity index (χ4v) is 7.74. The Morgan fingerprint density at radius 2 is 1.77 bits per heavy atom. The summed E-state index contributed by atoms with van der Waals surface area (Å²) in [5.41, 5.74) is 5.08. The van der Waals surface area contributed by atoms with Gasteiger partial charge in [0.2, 0.25) is 0 Å². The first-order valence-corrected chi connectivity index (χ1v) is 16.3. The van der Waals surface area contributed by atoms with E-state index in [1.807, 2.05) is 36.0 Å². The van der Waals surface area contributed by atoms with E-state index >= 15 is 0 Å². The molecular weight excluding hydrogens is 533 g/mol. The minimum atomic E-state index is -2.23. The average Bonchev–Trinajstić information content (AvgIpc) is 2.88. The topological polar surface area (TPSA) is 143 Å². The van der Waals surface area contributed by atoms with Crippen molar-refractivity contribution in [3.05, 3.63) is 34.9 Å². The number of imide groups is 1. The van der Waals surface area contributed by atoms with Gasteiger partial charge in [-0.2, -0.15) is 5.10 Å². The highest BCUT2D eigenvalue weighted by molar-refractivity contribution is 7.63. The zero-order chi connectivity index (χ0) is 29.2. The summed E-state index contributed by atoms with van der Waals surface area (Å²) in [6, 6.07) is 5.01. The van der Waals surface area contributed by atoms with Gasteiger partial charge < -0.3 is 19.7 Å².